The van der Waals surface area contributed by atoms with Crippen molar-refractivity contribution >= 4 is 34.1 Å². The first-order valence-corrected chi connectivity index (χ1v) is 9.18. The number of carbonyl (C=O) groups is 2. The van der Waals surface area contributed by atoms with Gasteiger partial charge in [0.15, 0.2) is 0 Å². The summed E-state index contributed by atoms with van der Waals surface area (Å²) in [6, 6.07) is 2.61. The summed E-state index contributed by atoms with van der Waals surface area (Å²) in [7, 11) is 0. The number of aliphatic hydroxyl groups is 1. The maximum absolute atomic E-state index is 14.4. The lowest BCUT2D eigenvalue weighted by molar-refractivity contribution is -0.182. The van der Waals surface area contributed by atoms with Crippen molar-refractivity contribution in [2.75, 3.05) is 6.61 Å². The van der Waals surface area contributed by atoms with Gasteiger partial charge >= 0.3 is 6.11 Å². The Kier molecular flexibility index (Phi) is 5.53. The average Bonchev–Trinajstić information content (AvgIpc) is 3.21. The van der Waals surface area contributed by atoms with Crippen molar-refractivity contribution in [1.82, 2.24) is 10.3 Å². The van der Waals surface area contributed by atoms with Gasteiger partial charge in [0.05, 0.1) is 23.4 Å². The Balaban J connectivity index is 1.94. The second kappa shape index (κ2) is 7.76. The van der Waals surface area contributed by atoms with Crippen LogP contribution in [0.3, 0.4) is 0 Å². The fraction of sp³-hybridized carbons (Fsp3) is 0.278. The van der Waals surface area contributed by atoms with E-state index >= 15 is 0 Å². The van der Waals surface area contributed by atoms with E-state index in [1.807, 2.05) is 0 Å². The van der Waals surface area contributed by atoms with E-state index in [0.29, 0.717) is 5.01 Å². The van der Waals surface area contributed by atoms with Gasteiger partial charge < -0.3 is 25.3 Å². The minimum absolute atomic E-state index is 0.0158. The van der Waals surface area contributed by atoms with Crippen molar-refractivity contribution in [3.63, 3.8) is 0 Å². The van der Waals surface area contributed by atoms with Crippen LogP contribution in [0.4, 0.5) is 8.78 Å². The molecule has 1 atom stereocenters. The Hall–Kier alpha value is -3.05. The van der Waals surface area contributed by atoms with Gasteiger partial charge in [-0.15, -0.1) is 11.3 Å². The lowest BCUT2D eigenvalue weighted by Gasteiger charge is -2.16. The molecule has 11 heteroatoms. The zero-order valence-corrected chi connectivity index (χ0v) is 16.2. The number of nitrogens with two attached hydrogens (primary N) is 1. The van der Waals surface area contributed by atoms with Crippen LogP contribution in [-0.4, -0.2) is 34.6 Å². The second-order valence-corrected chi connectivity index (χ2v) is 7.40. The molecule has 29 heavy (non-hydrogen) atoms. The fourth-order valence-electron chi connectivity index (χ4n) is 2.68. The molecular weight excluding hydrogens is 408 g/mol. The lowest BCUT2D eigenvalue weighted by Crippen LogP contribution is -2.46. The predicted molar refractivity (Wildman–Crippen MR) is 99.9 cm³/mol. The van der Waals surface area contributed by atoms with Gasteiger partial charge in [0.25, 0.3) is 5.91 Å². The number of furan rings is 1. The Bertz CT molecular complexity index is 1080. The molecule has 0 unspecified atom stereocenters. The molecule has 0 aliphatic rings. The number of nitrogens with zero attached hydrogens (tertiary/aromatic N) is 1. The van der Waals surface area contributed by atoms with Crippen LogP contribution in [-0.2, 0) is 10.9 Å². The second-order valence-electron chi connectivity index (χ2n) is 6.16. The third-order valence-electron chi connectivity index (χ3n) is 4.05. The van der Waals surface area contributed by atoms with Gasteiger partial charge in [0.2, 0.25) is 5.91 Å². The number of benzene rings is 1. The number of ether oxygens (including phenoxy) is 1. The number of rotatable bonds is 7. The Morgan fingerprint density at radius 1 is 1.41 bits per heavy atom. The molecule has 3 aromatic rings. The molecule has 3 rings (SSSR count). The molecule has 4 N–H and O–H groups in total. The first kappa shape index (κ1) is 20.7. The van der Waals surface area contributed by atoms with Gasteiger partial charge in [-0.2, -0.15) is 8.78 Å². The molecule has 1 aromatic carbocycles. The number of nitrogens with one attached hydrogen (secondary N) is 1. The number of alkyl halides is 2. The quantitative estimate of drug-likeness (QED) is 0.533. The van der Waals surface area contributed by atoms with Crippen LogP contribution < -0.4 is 15.8 Å². The number of fused-ring (bicyclic) bond motifs is 1. The smallest absolute Gasteiger partial charge is 0.437 e. The summed E-state index contributed by atoms with van der Waals surface area (Å²) in [6.07, 6.45) is -2.58. The number of aryl methyl sites for hydroxylation is 2. The highest BCUT2D eigenvalue weighted by molar-refractivity contribution is 7.11. The van der Waals surface area contributed by atoms with Crippen LogP contribution in [0.1, 0.15) is 26.0 Å². The van der Waals surface area contributed by atoms with E-state index in [0.717, 1.165) is 17.5 Å². The monoisotopic (exact) mass is 425 g/mol. The van der Waals surface area contributed by atoms with E-state index in [4.69, 9.17) is 20.0 Å². The molecule has 0 aliphatic carbocycles. The summed E-state index contributed by atoms with van der Waals surface area (Å²) < 4.78 is 39.1. The van der Waals surface area contributed by atoms with Crippen molar-refractivity contribution < 1.29 is 32.6 Å². The third-order valence-corrected chi connectivity index (χ3v) is 5.01. The number of aliphatic hydroxyl groups excluding tert-OH is 1. The molecule has 0 bridgehead atoms. The molecule has 0 spiro atoms. The zero-order valence-electron chi connectivity index (χ0n) is 15.4. The summed E-state index contributed by atoms with van der Waals surface area (Å²) in [6.45, 7) is 2.41. The molecule has 0 saturated carbocycles. The Labute approximate surface area is 167 Å². The summed E-state index contributed by atoms with van der Waals surface area (Å²) in [5.74, 6) is -1.67. The van der Waals surface area contributed by atoms with E-state index in [1.165, 1.54) is 25.1 Å². The highest BCUT2D eigenvalue weighted by atomic mass is 32.1. The van der Waals surface area contributed by atoms with Gasteiger partial charge in [-0.05, 0) is 32.0 Å². The van der Waals surface area contributed by atoms with Gasteiger partial charge in [-0.3, -0.25) is 9.59 Å². The number of halogens is 2. The van der Waals surface area contributed by atoms with Crippen LogP contribution in [0.2, 0.25) is 0 Å². The van der Waals surface area contributed by atoms with Crippen LogP contribution >= 0.6 is 11.3 Å². The van der Waals surface area contributed by atoms with E-state index in [9.17, 15) is 18.4 Å². The maximum atomic E-state index is 14.4. The summed E-state index contributed by atoms with van der Waals surface area (Å²) >= 11 is 0.806. The van der Waals surface area contributed by atoms with Gasteiger partial charge in [-0.25, -0.2) is 4.98 Å². The number of carbonyl (C=O) groups excluding carboxylic acids is 2. The van der Waals surface area contributed by atoms with Crippen LogP contribution in [0.15, 0.2) is 28.8 Å². The molecule has 0 saturated heterocycles. The zero-order chi connectivity index (χ0) is 21.3. The van der Waals surface area contributed by atoms with Crippen molar-refractivity contribution in [1.29, 1.82) is 0 Å². The number of amides is 2. The molecule has 2 aromatic heterocycles. The van der Waals surface area contributed by atoms with E-state index in [2.05, 4.69) is 10.3 Å². The molecule has 8 nitrogen and oxygen atoms in total. The molecular formula is C18H17F2N3O5S. The summed E-state index contributed by atoms with van der Waals surface area (Å²) in [5, 5.41) is 12.1. The lowest BCUT2D eigenvalue weighted by atomic mass is 10.1. The third kappa shape index (κ3) is 4.20. The van der Waals surface area contributed by atoms with Crippen LogP contribution in [0, 0.1) is 13.8 Å². The minimum Gasteiger partial charge on any atom is -0.461 e. The number of thiazole rings is 1. The molecule has 154 valence electrons. The Morgan fingerprint density at radius 2 is 2.14 bits per heavy atom. The molecule has 0 fully saturated rings. The predicted octanol–water partition coefficient (Wildman–Crippen LogP) is 2.21. The normalized spacial score (nSPS) is 12.7. The number of hydrogen-bond donors (Lipinski definition) is 3. The van der Waals surface area contributed by atoms with E-state index in [1.54, 1.807) is 6.92 Å². The standard InChI is InChI=1S/C18H17F2N3O5S/c1-8-15(17(26)23-12(7-24)16(21)25)11-5-10(3-4-13(11)27-8)28-18(19,20)14-6-22-9(2)29-14/h3-6,12,24H,7H2,1-2H3,(H2,21,25)(H,23,26)/t12-/m0/s1. The topological polar surface area (TPSA) is 128 Å². The first-order valence-electron chi connectivity index (χ1n) is 8.36. The minimum atomic E-state index is -3.62. The van der Waals surface area contributed by atoms with Gasteiger partial charge in [-0.1, -0.05) is 0 Å². The van der Waals surface area contributed by atoms with Crippen molar-refractivity contribution in [2.24, 2.45) is 5.73 Å². The first-order chi connectivity index (χ1) is 13.6. The molecule has 0 aliphatic heterocycles. The maximum Gasteiger partial charge on any atom is 0.437 e. The van der Waals surface area contributed by atoms with Crippen LogP contribution in [0.5, 0.6) is 5.75 Å². The van der Waals surface area contributed by atoms with Crippen molar-refractivity contribution in [2.45, 2.75) is 26.0 Å². The van der Waals surface area contributed by atoms with Crippen molar-refractivity contribution in [3.05, 3.63) is 45.6 Å². The molecule has 2 heterocycles. The number of primary amides is 1. The van der Waals surface area contributed by atoms with E-state index in [-0.39, 0.29) is 32.9 Å². The van der Waals surface area contributed by atoms with Gasteiger partial charge in [0.1, 0.15) is 28.0 Å². The van der Waals surface area contributed by atoms with E-state index < -0.39 is 30.6 Å². The number of aromatic nitrogens is 1. The highest BCUT2D eigenvalue weighted by Gasteiger charge is 2.37. The SMILES string of the molecule is Cc1ncc(C(F)(F)Oc2ccc3oc(C)c(C(=O)N[C@@H](CO)C(N)=O)c3c2)s1. The number of hydrogen-bond acceptors (Lipinski definition) is 7. The van der Waals surface area contributed by atoms with Crippen molar-refractivity contribution in [3.8, 4) is 5.75 Å². The van der Waals surface area contributed by atoms with Gasteiger partial charge in [0, 0.05) is 5.39 Å². The molecule has 0 radical (unpaired) electrons. The summed E-state index contributed by atoms with van der Waals surface area (Å²) in [5.41, 5.74) is 5.38. The highest BCUT2D eigenvalue weighted by Crippen LogP contribution is 2.37. The Morgan fingerprint density at radius 3 is 2.72 bits per heavy atom. The molecule has 2 amide bonds. The largest absolute Gasteiger partial charge is 0.461 e. The fourth-order valence-corrected chi connectivity index (χ4v) is 3.37. The summed E-state index contributed by atoms with van der Waals surface area (Å²) in [4.78, 5) is 27.2. The average molecular weight is 425 g/mol. The van der Waals surface area contributed by atoms with Crippen LogP contribution in [0.25, 0.3) is 11.0 Å².